The van der Waals surface area contributed by atoms with Crippen molar-refractivity contribution in [3.05, 3.63) is 88.6 Å². The molecule has 1 fully saturated rings. The molecule has 0 spiro atoms. The maximum atomic E-state index is 14.1. The molecule has 2 aliphatic rings. The topological polar surface area (TPSA) is 48.5 Å². The zero-order valence-corrected chi connectivity index (χ0v) is 22.7. The summed E-state index contributed by atoms with van der Waals surface area (Å²) >= 11 is 6.04. The summed E-state index contributed by atoms with van der Waals surface area (Å²) in [5, 5.41) is 6.07. The first-order valence-electron chi connectivity index (χ1n) is 13.3. The highest BCUT2D eigenvalue weighted by Crippen LogP contribution is 2.40. The van der Waals surface area contributed by atoms with Crippen LogP contribution in [0.25, 0.3) is 21.9 Å². The van der Waals surface area contributed by atoms with Gasteiger partial charge in [0.25, 0.3) is 5.91 Å². The summed E-state index contributed by atoms with van der Waals surface area (Å²) in [7, 11) is 1.79. The number of aromatic nitrogens is 1. The van der Waals surface area contributed by atoms with Crippen LogP contribution in [-0.4, -0.2) is 37.6 Å². The highest BCUT2D eigenvalue weighted by molar-refractivity contribution is 6.30. The minimum atomic E-state index is -4.52. The molecule has 40 heavy (non-hydrogen) atoms. The Labute approximate surface area is 235 Å². The Morgan fingerprint density at radius 2 is 1.80 bits per heavy atom. The van der Waals surface area contributed by atoms with Crippen LogP contribution in [0.4, 0.5) is 24.7 Å². The summed E-state index contributed by atoms with van der Waals surface area (Å²) < 4.78 is 42.2. The number of rotatable bonds is 6. The van der Waals surface area contributed by atoms with Crippen molar-refractivity contribution in [2.75, 3.05) is 36.5 Å². The molecule has 9 heteroatoms. The molecule has 2 aliphatic heterocycles. The minimum absolute atomic E-state index is 0.0137. The van der Waals surface area contributed by atoms with E-state index >= 15 is 0 Å². The van der Waals surface area contributed by atoms with Crippen LogP contribution in [0, 0.1) is 5.92 Å². The molecular weight excluding hydrogens is 537 g/mol. The second kappa shape index (κ2) is 10.4. The minimum Gasteiger partial charge on any atom is -0.356 e. The molecule has 1 amide bonds. The lowest BCUT2D eigenvalue weighted by molar-refractivity contribution is -0.137. The lowest BCUT2D eigenvalue weighted by Gasteiger charge is -2.34. The van der Waals surface area contributed by atoms with E-state index in [1.165, 1.54) is 12.3 Å². The number of carbonyl (C=O) groups excluding carboxylic acids is 1. The van der Waals surface area contributed by atoms with Crippen LogP contribution in [0.2, 0.25) is 5.02 Å². The van der Waals surface area contributed by atoms with Crippen molar-refractivity contribution in [1.82, 2.24) is 10.3 Å². The number of pyridine rings is 1. The predicted octanol–water partition coefficient (Wildman–Crippen LogP) is 7.17. The number of hydrogen-bond donors (Lipinski definition) is 1. The maximum absolute atomic E-state index is 14.1. The van der Waals surface area contributed by atoms with Gasteiger partial charge in [-0.05, 0) is 72.1 Å². The van der Waals surface area contributed by atoms with Crippen molar-refractivity contribution in [2.24, 2.45) is 5.92 Å². The van der Waals surface area contributed by atoms with E-state index in [4.69, 9.17) is 11.6 Å². The summed E-state index contributed by atoms with van der Waals surface area (Å²) in [6, 6.07) is 17.8. The Kier molecular flexibility index (Phi) is 6.92. The molecule has 1 N–H and O–H groups in total. The fourth-order valence-electron chi connectivity index (χ4n) is 5.85. The van der Waals surface area contributed by atoms with Gasteiger partial charge in [0.1, 0.15) is 5.82 Å². The number of alkyl halides is 3. The molecule has 3 aromatic carbocycles. The average molecular weight is 565 g/mol. The third-order valence-corrected chi connectivity index (χ3v) is 8.23. The maximum Gasteiger partial charge on any atom is 0.419 e. The highest BCUT2D eigenvalue weighted by Gasteiger charge is 2.37. The molecule has 0 aliphatic carbocycles. The van der Waals surface area contributed by atoms with Gasteiger partial charge in [-0.25, -0.2) is 4.98 Å². The van der Waals surface area contributed by atoms with E-state index in [0.717, 1.165) is 47.0 Å². The smallest absolute Gasteiger partial charge is 0.356 e. The number of amides is 1. The van der Waals surface area contributed by atoms with E-state index in [9.17, 15) is 18.0 Å². The van der Waals surface area contributed by atoms with E-state index in [-0.39, 0.29) is 11.7 Å². The molecule has 6 rings (SSSR count). The van der Waals surface area contributed by atoms with Crippen LogP contribution < -0.4 is 15.1 Å². The lowest BCUT2D eigenvalue weighted by atomic mass is 9.95. The summed E-state index contributed by atoms with van der Waals surface area (Å²) in [6.07, 6.45) is -1.49. The number of anilines is 2. The van der Waals surface area contributed by atoms with E-state index < -0.39 is 11.7 Å². The Bertz CT molecular complexity index is 1600. The molecule has 0 bridgehead atoms. The van der Waals surface area contributed by atoms with E-state index in [1.807, 2.05) is 24.3 Å². The highest BCUT2D eigenvalue weighted by atomic mass is 35.5. The average Bonchev–Trinajstić information content (AvgIpc) is 3.20. The van der Waals surface area contributed by atoms with Gasteiger partial charge in [0.05, 0.1) is 11.3 Å². The Morgan fingerprint density at radius 1 is 1.02 bits per heavy atom. The van der Waals surface area contributed by atoms with Crippen molar-refractivity contribution in [3.8, 4) is 11.1 Å². The summed E-state index contributed by atoms with van der Waals surface area (Å²) in [5.74, 6) is 0.345. The monoisotopic (exact) mass is 564 g/mol. The molecular formula is C31H28ClF3N4O. The number of hydrogen-bond acceptors (Lipinski definition) is 4. The summed E-state index contributed by atoms with van der Waals surface area (Å²) in [5.41, 5.74) is 3.05. The number of piperidine rings is 1. The standard InChI is InChI=1S/C31H28ClF3N4O/c1-38-27-9-8-21(24-6-3-7-25(28(24)27)30(38)40)17-36-16-19-10-12-39(13-11-19)29-26(31(33,34)35)15-22(18-37-29)20-4-2-5-23(32)14-20/h2-9,14-15,18-19,36H,10-13,16-17H2,1H3. The fourth-order valence-corrected chi connectivity index (χ4v) is 6.04. The lowest BCUT2D eigenvalue weighted by Crippen LogP contribution is -2.38. The van der Waals surface area contributed by atoms with E-state index in [1.54, 1.807) is 41.1 Å². The first-order valence-corrected chi connectivity index (χ1v) is 13.7. The third kappa shape index (κ3) is 4.90. The van der Waals surface area contributed by atoms with Gasteiger partial charge < -0.3 is 15.1 Å². The van der Waals surface area contributed by atoms with Crippen LogP contribution in [0.1, 0.15) is 34.3 Å². The zero-order chi connectivity index (χ0) is 28.0. The van der Waals surface area contributed by atoms with Crippen LogP contribution in [-0.2, 0) is 12.7 Å². The van der Waals surface area contributed by atoms with Crippen LogP contribution in [0.3, 0.4) is 0 Å². The van der Waals surface area contributed by atoms with Crippen molar-refractivity contribution in [1.29, 1.82) is 0 Å². The second-order valence-corrected chi connectivity index (χ2v) is 10.9. The normalized spacial score (nSPS) is 15.9. The number of halogens is 4. The Morgan fingerprint density at radius 3 is 2.55 bits per heavy atom. The molecule has 0 radical (unpaired) electrons. The van der Waals surface area contributed by atoms with Crippen molar-refractivity contribution >= 4 is 39.8 Å². The van der Waals surface area contributed by atoms with Crippen LogP contribution in [0.5, 0.6) is 0 Å². The largest absolute Gasteiger partial charge is 0.419 e. The van der Waals surface area contributed by atoms with Gasteiger partial charge in [-0.15, -0.1) is 0 Å². The fraction of sp³-hybridized carbons (Fsp3) is 0.290. The summed E-state index contributed by atoms with van der Waals surface area (Å²) in [4.78, 5) is 20.3. The second-order valence-electron chi connectivity index (χ2n) is 10.5. The first kappa shape index (κ1) is 26.6. The number of nitrogens with one attached hydrogen (secondary N) is 1. The molecule has 0 unspecified atom stereocenters. The predicted molar refractivity (Wildman–Crippen MR) is 153 cm³/mol. The van der Waals surface area contributed by atoms with Crippen LogP contribution >= 0.6 is 11.6 Å². The van der Waals surface area contributed by atoms with Gasteiger partial charge in [0, 0.05) is 54.4 Å². The molecule has 1 saturated heterocycles. The van der Waals surface area contributed by atoms with Crippen molar-refractivity contribution in [3.63, 3.8) is 0 Å². The number of nitrogens with zero attached hydrogens (tertiary/aromatic N) is 3. The third-order valence-electron chi connectivity index (χ3n) is 8.00. The van der Waals surface area contributed by atoms with Gasteiger partial charge in [-0.3, -0.25) is 4.79 Å². The van der Waals surface area contributed by atoms with Gasteiger partial charge in [0.2, 0.25) is 0 Å². The Balaban J connectivity index is 1.11. The molecule has 0 atom stereocenters. The number of carbonyl (C=O) groups is 1. The van der Waals surface area contributed by atoms with Gasteiger partial charge in [0.15, 0.2) is 0 Å². The molecule has 0 saturated carbocycles. The van der Waals surface area contributed by atoms with Crippen molar-refractivity contribution < 1.29 is 18.0 Å². The van der Waals surface area contributed by atoms with Gasteiger partial charge in [-0.2, -0.15) is 13.2 Å². The van der Waals surface area contributed by atoms with E-state index in [0.29, 0.717) is 41.7 Å². The molecule has 1 aromatic heterocycles. The molecule has 5 nitrogen and oxygen atoms in total. The van der Waals surface area contributed by atoms with Gasteiger partial charge >= 0.3 is 6.18 Å². The molecule has 206 valence electrons. The van der Waals surface area contributed by atoms with Crippen LogP contribution in [0.15, 0.2) is 66.9 Å². The Hall–Kier alpha value is -3.62. The molecule has 3 heterocycles. The van der Waals surface area contributed by atoms with Gasteiger partial charge in [-0.1, -0.05) is 41.9 Å². The number of benzene rings is 3. The zero-order valence-electron chi connectivity index (χ0n) is 21.9. The molecule has 4 aromatic rings. The van der Waals surface area contributed by atoms with E-state index in [2.05, 4.69) is 16.4 Å². The summed E-state index contributed by atoms with van der Waals surface area (Å²) in [6.45, 7) is 2.44. The SMILES string of the molecule is CN1C(=O)c2cccc3c(CNCC4CCN(c5ncc(-c6cccc(Cl)c6)cc5C(F)(F)F)CC4)ccc1c23. The first-order chi connectivity index (χ1) is 19.2. The van der Waals surface area contributed by atoms with Crippen molar-refractivity contribution in [2.45, 2.75) is 25.6 Å². The quantitative estimate of drug-likeness (QED) is 0.270.